The average molecular weight is 287 g/mol. The summed E-state index contributed by atoms with van der Waals surface area (Å²) in [5.74, 6) is 0.528. The topological polar surface area (TPSA) is 96.4 Å². The molecular formula is C12H21N3O3S. The van der Waals surface area contributed by atoms with Gasteiger partial charge in [-0.05, 0) is 19.1 Å². The second-order valence-corrected chi connectivity index (χ2v) is 5.03. The SMILES string of the molecule is CCOC(=O)C(N)CCSCC(=O)N(C)CCC#N. The first-order valence-electron chi connectivity index (χ1n) is 6.13. The zero-order valence-electron chi connectivity index (χ0n) is 11.4. The molecule has 0 spiro atoms. The third-order valence-electron chi connectivity index (χ3n) is 2.37. The minimum atomic E-state index is -0.626. The Labute approximate surface area is 118 Å². The molecule has 1 amide bonds. The molecule has 19 heavy (non-hydrogen) atoms. The van der Waals surface area contributed by atoms with Gasteiger partial charge in [0.2, 0.25) is 5.91 Å². The summed E-state index contributed by atoms with van der Waals surface area (Å²) in [5, 5.41) is 8.42. The van der Waals surface area contributed by atoms with Crippen LogP contribution >= 0.6 is 11.8 Å². The maximum Gasteiger partial charge on any atom is 0.322 e. The van der Waals surface area contributed by atoms with E-state index in [1.807, 2.05) is 6.07 Å². The number of nitrogens with zero attached hydrogens (tertiary/aromatic N) is 2. The summed E-state index contributed by atoms with van der Waals surface area (Å²) >= 11 is 1.43. The van der Waals surface area contributed by atoms with Gasteiger partial charge in [0.1, 0.15) is 6.04 Å². The smallest absolute Gasteiger partial charge is 0.322 e. The third-order valence-corrected chi connectivity index (χ3v) is 3.35. The van der Waals surface area contributed by atoms with Crippen molar-refractivity contribution < 1.29 is 14.3 Å². The minimum Gasteiger partial charge on any atom is -0.465 e. The predicted octanol–water partition coefficient (Wildman–Crippen LogP) is 0.372. The van der Waals surface area contributed by atoms with Crippen LogP contribution in [0.4, 0.5) is 0 Å². The van der Waals surface area contributed by atoms with E-state index >= 15 is 0 Å². The molecule has 1 unspecified atom stereocenters. The highest BCUT2D eigenvalue weighted by Gasteiger charge is 2.14. The van der Waals surface area contributed by atoms with E-state index in [9.17, 15) is 9.59 Å². The zero-order valence-corrected chi connectivity index (χ0v) is 12.2. The second kappa shape index (κ2) is 10.6. The van der Waals surface area contributed by atoms with Gasteiger partial charge in [-0.2, -0.15) is 17.0 Å². The van der Waals surface area contributed by atoms with Gasteiger partial charge in [-0.3, -0.25) is 9.59 Å². The molecule has 0 saturated heterocycles. The molecule has 0 aliphatic heterocycles. The standard InChI is InChI=1S/C12H21N3O3S/c1-3-18-12(17)10(14)5-8-19-9-11(16)15(2)7-4-6-13/h10H,3-5,7-9,14H2,1-2H3. The van der Waals surface area contributed by atoms with Gasteiger partial charge in [-0.25, -0.2) is 0 Å². The molecule has 0 radical (unpaired) electrons. The summed E-state index contributed by atoms with van der Waals surface area (Å²) in [6.07, 6.45) is 0.819. The van der Waals surface area contributed by atoms with Crippen molar-refractivity contribution in [2.24, 2.45) is 5.73 Å². The Morgan fingerprint density at radius 2 is 2.21 bits per heavy atom. The lowest BCUT2D eigenvalue weighted by Gasteiger charge is -2.15. The fourth-order valence-electron chi connectivity index (χ4n) is 1.19. The van der Waals surface area contributed by atoms with Crippen LogP contribution in [0, 0.1) is 11.3 Å². The summed E-state index contributed by atoms with van der Waals surface area (Å²) in [5.41, 5.74) is 5.63. The van der Waals surface area contributed by atoms with Crippen molar-refractivity contribution in [3.63, 3.8) is 0 Å². The summed E-state index contributed by atoms with van der Waals surface area (Å²) in [6, 6.07) is 1.37. The Balaban J connectivity index is 3.71. The first kappa shape index (κ1) is 17.7. The van der Waals surface area contributed by atoms with E-state index < -0.39 is 12.0 Å². The molecule has 0 heterocycles. The molecule has 0 aromatic rings. The Morgan fingerprint density at radius 1 is 1.53 bits per heavy atom. The summed E-state index contributed by atoms with van der Waals surface area (Å²) in [4.78, 5) is 24.4. The van der Waals surface area contributed by atoms with Crippen LogP contribution in [0.1, 0.15) is 19.8 Å². The molecule has 0 bridgehead atoms. The van der Waals surface area contributed by atoms with Gasteiger partial charge >= 0.3 is 5.97 Å². The van der Waals surface area contributed by atoms with Gasteiger partial charge in [0.15, 0.2) is 0 Å². The van der Waals surface area contributed by atoms with Crippen LogP contribution in [0.25, 0.3) is 0 Å². The summed E-state index contributed by atoms with van der Waals surface area (Å²) < 4.78 is 4.79. The Morgan fingerprint density at radius 3 is 2.79 bits per heavy atom. The van der Waals surface area contributed by atoms with Gasteiger partial charge in [0.25, 0.3) is 0 Å². The van der Waals surface area contributed by atoms with Crippen molar-refractivity contribution >= 4 is 23.6 Å². The lowest BCUT2D eigenvalue weighted by molar-refractivity contribution is -0.144. The quantitative estimate of drug-likeness (QED) is 0.486. The molecule has 1 atom stereocenters. The monoisotopic (exact) mass is 287 g/mol. The first-order chi connectivity index (χ1) is 9.02. The van der Waals surface area contributed by atoms with Gasteiger partial charge in [-0.1, -0.05) is 0 Å². The van der Waals surface area contributed by atoms with Crippen molar-refractivity contribution in [1.82, 2.24) is 4.90 Å². The molecule has 0 aliphatic rings. The Bertz CT molecular complexity index is 331. The number of hydrogen-bond donors (Lipinski definition) is 1. The van der Waals surface area contributed by atoms with Crippen LogP contribution < -0.4 is 5.73 Å². The minimum absolute atomic E-state index is 0.0232. The lowest BCUT2D eigenvalue weighted by atomic mass is 10.2. The van der Waals surface area contributed by atoms with E-state index in [1.54, 1.807) is 14.0 Å². The largest absolute Gasteiger partial charge is 0.465 e. The number of thioether (sulfide) groups is 1. The van der Waals surface area contributed by atoms with Crippen molar-refractivity contribution in [1.29, 1.82) is 5.26 Å². The number of carbonyl (C=O) groups is 2. The molecule has 0 saturated carbocycles. The Kier molecular flexibility index (Phi) is 9.94. The van der Waals surface area contributed by atoms with Crippen LogP contribution in [-0.2, 0) is 14.3 Å². The van der Waals surface area contributed by atoms with Crippen LogP contribution in [0.3, 0.4) is 0 Å². The van der Waals surface area contributed by atoms with Gasteiger partial charge < -0.3 is 15.4 Å². The van der Waals surface area contributed by atoms with Crippen LogP contribution in [0.15, 0.2) is 0 Å². The molecular weight excluding hydrogens is 266 g/mol. The highest BCUT2D eigenvalue weighted by Crippen LogP contribution is 2.06. The highest BCUT2D eigenvalue weighted by atomic mass is 32.2. The van der Waals surface area contributed by atoms with Crippen LogP contribution in [0.5, 0.6) is 0 Å². The lowest BCUT2D eigenvalue weighted by Crippen LogP contribution is -2.33. The number of carbonyl (C=O) groups excluding carboxylic acids is 2. The van der Waals surface area contributed by atoms with Gasteiger partial charge in [0.05, 0.1) is 24.8 Å². The molecule has 2 N–H and O–H groups in total. The van der Waals surface area contributed by atoms with Crippen molar-refractivity contribution in [2.75, 3.05) is 31.7 Å². The number of hydrogen-bond acceptors (Lipinski definition) is 6. The predicted molar refractivity (Wildman–Crippen MR) is 74.4 cm³/mol. The molecule has 0 aromatic carbocycles. The van der Waals surface area contributed by atoms with E-state index in [0.717, 1.165) is 0 Å². The van der Waals surface area contributed by atoms with E-state index in [2.05, 4.69) is 0 Å². The zero-order chi connectivity index (χ0) is 14.7. The average Bonchev–Trinajstić information content (AvgIpc) is 2.40. The number of esters is 1. The molecule has 0 fully saturated rings. The van der Waals surface area contributed by atoms with Crippen LogP contribution in [0.2, 0.25) is 0 Å². The fraction of sp³-hybridized carbons (Fsp3) is 0.750. The van der Waals surface area contributed by atoms with Crippen molar-refractivity contribution in [3.05, 3.63) is 0 Å². The maximum absolute atomic E-state index is 11.6. The fourth-order valence-corrected chi connectivity index (χ4v) is 2.15. The van der Waals surface area contributed by atoms with E-state index in [4.69, 9.17) is 15.7 Å². The number of nitriles is 1. The summed E-state index contributed by atoms with van der Waals surface area (Å²) in [6.45, 7) is 2.50. The maximum atomic E-state index is 11.6. The molecule has 0 aromatic heterocycles. The van der Waals surface area contributed by atoms with Gasteiger partial charge in [0, 0.05) is 13.6 Å². The third kappa shape index (κ3) is 8.46. The summed E-state index contributed by atoms with van der Waals surface area (Å²) in [7, 11) is 1.67. The van der Waals surface area contributed by atoms with Gasteiger partial charge in [-0.15, -0.1) is 0 Å². The molecule has 6 nitrogen and oxygen atoms in total. The van der Waals surface area contributed by atoms with E-state index in [-0.39, 0.29) is 5.91 Å². The van der Waals surface area contributed by atoms with Crippen LogP contribution in [-0.4, -0.2) is 54.5 Å². The highest BCUT2D eigenvalue weighted by molar-refractivity contribution is 7.99. The number of ether oxygens (including phenoxy) is 1. The number of nitrogens with two attached hydrogens (primary N) is 1. The van der Waals surface area contributed by atoms with Crippen molar-refractivity contribution in [2.45, 2.75) is 25.8 Å². The Hall–Kier alpha value is -1.26. The van der Waals surface area contributed by atoms with Crippen molar-refractivity contribution in [3.8, 4) is 6.07 Å². The normalized spacial score (nSPS) is 11.5. The number of rotatable bonds is 9. The number of amides is 1. The second-order valence-electron chi connectivity index (χ2n) is 3.92. The first-order valence-corrected chi connectivity index (χ1v) is 7.29. The van der Waals surface area contributed by atoms with E-state index in [1.165, 1.54) is 16.7 Å². The molecule has 7 heteroatoms. The molecule has 0 aliphatic carbocycles. The van der Waals surface area contributed by atoms with E-state index in [0.29, 0.717) is 37.5 Å². The molecule has 0 rings (SSSR count). The molecule has 108 valence electrons.